The van der Waals surface area contributed by atoms with E-state index in [-0.39, 0.29) is 84.7 Å². The Balaban J connectivity index is 1.31. The molecule has 0 amide bonds. The summed E-state index contributed by atoms with van der Waals surface area (Å²) in [6.07, 6.45) is 6.19. The number of nitrogens with one attached hydrogen (secondary N) is 4. The summed E-state index contributed by atoms with van der Waals surface area (Å²) in [5, 5.41) is 10.9. The molecule has 0 aromatic carbocycles. The fraction of sp³-hybridized carbons (Fsp3) is 0.889. The molecule has 0 bridgehead atoms. The summed E-state index contributed by atoms with van der Waals surface area (Å²) in [5.41, 5.74) is 0. The molecule has 10 atom stereocenters. The quantitative estimate of drug-likeness (QED) is 0.0317. The van der Waals surface area contributed by atoms with Crippen molar-refractivity contribution in [2.45, 2.75) is 190 Å². The normalized spacial score (nSPS) is 26.2. The number of rotatable bonds is 33. The lowest BCUT2D eigenvalue weighted by molar-refractivity contribution is -0.171. The number of unbranched alkanes of at least 4 members (excludes halogenated alkanes) is 12. The fourth-order valence-corrected chi connectivity index (χ4v) is 8.07. The van der Waals surface area contributed by atoms with Crippen LogP contribution in [0, 0.1) is 0 Å². The Hall–Kier alpha value is -3.17. The molecular formula is C45H74F4N4O12. The van der Waals surface area contributed by atoms with E-state index in [1.807, 2.05) is 0 Å². The lowest BCUT2D eigenvalue weighted by Crippen LogP contribution is -2.41. The number of carbonyl (C=O) groups excluding carboxylic acids is 5. The Morgan fingerprint density at radius 1 is 0.431 bits per heavy atom. The molecule has 4 heterocycles. The Morgan fingerprint density at radius 2 is 0.738 bits per heavy atom. The molecule has 4 saturated heterocycles. The third-order valence-corrected chi connectivity index (χ3v) is 11.8. The van der Waals surface area contributed by atoms with Crippen molar-refractivity contribution in [3.8, 4) is 0 Å². The van der Waals surface area contributed by atoms with E-state index in [1.165, 1.54) is 51.4 Å². The van der Waals surface area contributed by atoms with Crippen molar-refractivity contribution < 1.29 is 74.7 Å². The van der Waals surface area contributed by atoms with E-state index in [0.717, 1.165) is 25.7 Å². The van der Waals surface area contributed by atoms with E-state index in [4.69, 9.17) is 33.2 Å². The number of carbonyl (C=O) groups is 5. The highest BCUT2D eigenvalue weighted by Gasteiger charge is 2.36. The molecule has 0 aliphatic carbocycles. The fourth-order valence-electron chi connectivity index (χ4n) is 8.07. The third kappa shape index (κ3) is 22.0. The SMILES string of the molecule is CCCCCCCCCCCCCCCC(=O)OC(COC[C@@H](COC(=O)[C@@H]1C[C@@H](F)CN1)OC(=O)[C@@H]1C[C@@H](F)CN1)COC[C@@H](COC(=O)[C@@H]1C[C@@H](F)CN1)OC(=O)[C@@H]1C[C@@H](F)CN1. The van der Waals surface area contributed by atoms with Gasteiger partial charge in [-0.2, -0.15) is 0 Å². The van der Waals surface area contributed by atoms with Gasteiger partial charge >= 0.3 is 29.8 Å². The number of hydrogen-bond donors (Lipinski definition) is 4. The summed E-state index contributed by atoms with van der Waals surface area (Å²) in [6, 6.07) is -3.63. The molecular weight excluding hydrogens is 865 g/mol. The van der Waals surface area contributed by atoms with Gasteiger partial charge in [-0.1, -0.05) is 84.0 Å². The lowest BCUT2D eigenvalue weighted by Gasteiger charge is -2.24. The van der Waals surface area contributed by atoms with E-state index in [0.29, 0.717) is 6.42 Å². The van der Waals surface area contributed by atoms with Crippen molar-refractivity contribution in [2.24, 2.45) is 0 Å². The number of esters is 5. The topological polar surface area (TPSA) is 198 Å². The first kappa shape index (κ1) is 54.4. The molecule has 0 radical (unpaired) electrons. The molecule has 4 N–H and O–H groups in total. The van der Waals surface area contributed by atoms with Gasteiger partial charge < -0.3 is 54.4 Å². The first-order valence-corrected chi connectivity index (χ1v) is 24.0. The first-order chi connectivity index (χ1) is 31.4. The highest BCUT2D eigenvalue weighted by Crippen LogP contribution is 2.18. The monoisotopic (exact) mass is 939 g/mol. The predicted molar refractivity (Wildman–Crippen MR) is 229 cm³/mol. The first-order valence-electron chi connectivity index (χ1n) is 24.0. The van der Waals surface area contributed by atoms with Crippen LogP contribution in [0.5, 0.6) is 0 Å². The molecule has 0 aromatic rings. The standard InChI is InChI=1S/C45H74F4N4O12/c1-2-3-4-5-6-7-8-9-10-11-12-13-14-15-41(54)63-34(24-59-26-35(64-44(57)39-18-32(48)22-52-39)28-61-42(55)37-16-30(46)20-50-37)25-60-27-36(65-45(58)40-19-33(49)23-53-40)29-62-43(56)38-17-31(47)21-51-38/h30-40,50-53H,2-29H2,1H3/t30-,31-,32-,33-,35+,36+,37+,38+,39+,40+/m1/s1. The second kappa shape index (κ2) is 31.0. The van der Waals surface area contributed by atoms with E-state index in [9.17, 15) is 41.5 Å². The molecule has 4 aliphatic heterocycles. The number of alkyl halides is 4. The van der Waals surface area contributed by atoms with Crippen LogP contribution in [0.15, 0.2) is 0 Å². The lowest BCUT2D eigenvalue weighted by atomic mass is 10.0. The molecule has 0 saturated carbocycles. The van der Waals surface area contributed by atoms with Gasteiger partial charge in [-0.15, -0.1) is 0 Å². The van der Waals surface area contributed by atoms with Crippen LogP contribution < -0.4 is 21.3 Å². The van der Waals surface area contributed by atoms with E-state index in [2.05, 4.69) is 28.2 Å². The molecule has 4 rings (SSSR count). The van der Waals surface area contributed by atoms with Gasteiger partial charge in [0.05, 0.1) is 26.4 Å². The zero-order valence-electron chi connectivity index (χ0n) is 38.1. The predicted octanol–water partition coefficient (Wildman–Crippen LogP) is 4.12. The van der Waals surface area contributed by atoms with Gasteiger partial charge in [0.25, 0.3) is 0 Å². The average Bonchev–Trinajstić information content (AvgIpc) is 4.12. The van der Waals surface area contributed by atoms with Crippen LogP contribution in [0.4, 0.5) is 17.6 Å². The maximum Gasteiger partial charge on any atom is 0.323 e. The van der Waals surface area contributed by atoms with Crippen LogP contribution in [-0.4, -0.2) is 163 Å². The van der Waals surface area contributed by atoms with E-state index < -0.39 is 110 Å². The van der Waals surface area contributed by atoms with Crippen molar-refractivity contribution in [3.63, 3.8) is 0 Å². The van der Waals surface area contributed by atoms with Gasteiger partial charge in [0.2, 0.25) is 0 Å². The maximum absolute atomic E-state index is 13.9. The van der Waals surface area contributed by atoms with E-state index >= 15 is 0 Å². The summed E-state index contributed by atoms with van der Waals surface area (Å²) in [7, 11) is 0. The summed E-state index contributed by atoms with van der Waals surface area (Å²) in [6.45, 7) is -0.0813. The minimum Gasteiger partial charge on any atom is -0.460 e. The number of ether oxygens (including phenoxy) is 7. The maximum atomic E-state index is 13.9. The van der Waals surface area contributed by atoms with Crippen LogP contribution in [-0.2, 0) is 57.1 Å². The van der Waals surface area contributed by atoms with Crippen LogP contribution in [0.2, 0.25) is 0 Å². The molecule has 65 heavy (non-hydrogen) atoms. The number of hydrogen-bond acceptors (Lipinski definition) is 16. The molecule has 0 unspecified atom stereocenters. The van der Waals surface area contributed by atoms with Gasteiger partial charge in [0.15, 0.2) is 12.2 Å². The molecule has 20 heteroatoms. The summed E-state index contributed by atoms with van der Waals surface area (Å²) in [5.74, 6) is -3.59. The second-order valence-electron chi connectivity index (χ2n) is 17.7. The van der Waals surface area contributed by atoms with Crippen LogP contribution in [0.25, 0.3) is 0 Å². The largest absolute Gasteiger partial charge is 0.460 e. The van der Waals surface area contributed by atoms with Crippen molar-refractivity contribution in [3.05, 3.63) is 0 Å². The van der Waals surface area contributed by atoms with Crippen molar-refractivity contribution in [1.82, 2.24) is 21.3 Å². The Morgan fingerprint density at radius 3 is 1.06 bits per heavy atom. The van der Waals surface area contributed by atoms with E-state index in [1.54, 1.807) is 0 Å². The summed E-state index contributed by atoms with van der Waals surface area (Å²) in [4.78, 5) is 64.2. The Bertz CT molecular complexity index is 1350. The molecule has 374 valence electrons. The number of halogens is 4. The van der Waals surface area contributed by atoms with Gasteiger partial charge in [-0.25, -0.2) is 17.6 Å². The molecule has 16 nitrogen and oxygen atoms in total. The second-order valence-corrected chi connectivity index (χ2v) is 17.7. The third-order valence-electron chi connectivity index (χ3n) is 11.8. The minimum absolute atomic E-state index is 0.00895. The zero-order chi connectivity index (χ0) is 46.8. The van der Waals surface area contributed by atoms with Gasteiger partial charge in [-0.3, -0.25) is 24.0 Å². The van der Waals surface area contributed by atoms with Crippen LogP contribution in [0.3, 0.4) is 0 Å². The Labute approximate surface area is 380 Å². The van der Waals surface area contributed by atoms with Crippen molar-refractivity contribution >= 4 is 29.8 Å². The highest BCUT2D eigenvalue weighted by atomic mass is 19.1. The van der Waals surface area contributed by atoms with Gasteiger partial charge in [0.1, 0.15) is 68.2 Å². The summed E-state index contributed by atoms with van der Waals surface area (Å²) < 4.78 is 94.5. The van der Waals surface area contributed by atoms with Crippen LogP contribution in [0.1, 0.15) is 122 Å². The van der Waals surface area contributed by atoms with Gasteiger partial charge in [-0.05, 0) is 6.42 Å². The molecule has 0 spiro atoms. The Kier molecular flexibility index (Phi) is 25.9. The summed E-state index contributed by atoms with van der Waals surface area (Å²) >= 11 is 0. The molecule has 4 fully saturated rings. The molecule has 0 aromatic heterocycles. The van der Waals surface area contributed by atoms with Crippen LogP contribution >= 0.6 is 0 Å². The molecule has 4 aliphatic rings. The zero-order valence-corrected chi connectivity index (χ0v) is 38.1. The highest BCUT2D eigenvalue weighted by molar-refractivity contribution is 5.78. The van der Waals surface area contributed by atoms with Gasteiger partial charge in [0, 0.05) is 58.3 Å². The smallest absolute Gasteiger partial charge is 0.323 e. The van der Waals surface area contributed by atoms with Crippen molar-refractivity contribution in [2.75, 3.05) is 65.8 Å². The average molecular weight is 939 g/mol. The van der Waals surface area contributed by atoms with Crippen molar-refractivity contribution in [1.29, 1.82) is 0 Å². The minimum atomic E-state index is -1.25.